The van der Waals surface area contributed by atoms with Crippen LogP contribution >= 0.6 is 11.9 Å². The average Bonchev–Trinajstić information content (AvgIpc) is 3.14. The molecule has 2 heterocycles. The molecule has 1 aliphatic carbocycles. The molecule has 0 spiro atoms. The number of hydrogen-bond acceptors (Lipinski definition) is 5. The number of hydrogen-bond donors (Lipinski definition) is 2. The molecule has 29 heavy (non-hydrogen) atoms. The van der Waals surface area contributed by atoms with Crippen LogP contribution in [0.25, 0.3) is 11.0 Å². The maximum Gasteiger partial charge on any atom is 0.416 e. The van der Waals surface area contributed by atoms with Crippen molar-refractivity contribution in [3.8, 4) is 6.07 Å². The molecule has 1 saturated carbocycles. The Morgan fingerprint density at radius 1 is 1.24 bits per heavy atom. The lowest BCUT2D eigenvalue weighted by molar-refractivity contribution is -0.137. The number of pyridine rings is 1. The topological polar surface area (TPSA) is 67.7 Å². The number of halogens is 3. The van der Waals surface area contributed by atoms with E-state index in [1.54, 1.807) is 6.20 Å². The van der Waals surface area contributed by atoms with E-state index in [-0.39, 0.29) is 12.1 Å². The van der Waals surface area contributed by atoms with Crippen molar-refractivity contribution in [1.29, 1.82) is 5.26 Å². The van der Waals surface area contributed by atoms with E-state index < -0.39 is 11.7 Å². The summed E-state index contributed by atoms with van der Waals surface area (Å²) in [5.74, 6) is 0. The van der Waals surface area contributed by atoms with E-state index in [9.17, 15) is 18.4 Å². The van der Waals surface area contributed by atoms with Crippen molar-refractivity contribution in [3.05, 3.63) is 53.9 Å². The summed E-state index contributed by atoms with van der Waals surface area (Å²) < 4.78 is 41.2. The average molecular weight is 417 g/mol. The van der Waals surface area contributed by atoms with Crippen LogP contribution in [0, 0.1) is 11.3 Å². The summed E-state index contributed by atoms with van der Waals surface area (Å²) in [5.41, 5.74) is 1.51. The third-order valence-corrected chi connectivity index (χ3v) is 6.18. The Morgan fingerprint density at radius 2 is 1.97 bits per heavy atom. The SMILES string of the molecule is CN(c1c(C#N)cnc2[nH]ccc12)C1CC(NSc2ccc(C(F)(F)F)cc2)C1. The number of H-pyrrole nitrogens is 1. The van der Waals surface area contributed by atoms with Crippen LogP contribution in [0.2, 0.25) is 0 Å². The number of nitriles is 1. The van der Waals surface area contributed by atoms with Gasteiger partial charge in [-0.1, -0.05) is 0 Å². The van der Waals surface area contributed by atoms with Crippen LogP contribution in [-0.4, -0.2) is 29.1 Å². The summed E-state index contributed by atoms with van der Waals surface area (Å²) in [6, 6.07) is 9.80. The number of aromatic nitrogens is 2. The Balaban J connectivity index is 1.36. The largest absolute Gasteiger partial charge is 0.416 e. The van der Waals surface area contributed by atoms with E-state index in [0.29, 0.717) is 5.56 Å². The van der Waals surface area contributed by atoms with Crippen LogP contribution in [0.1, 0.15) is 24.0 Å². The molecule has 1 aliphatic rings. The van der Waals surface area contributed by atoms with Crippen molar-refractivity contribution in [1.82, 2.24) is 14.7 Å². The van der Waals surface area contributed by atoms with Gasteiger partial charge >= 0.3 is 6.18 Å². The van der Waals surface area contributed by atoms with Gasteiger partial charge in [0.25, 0.3) is 0 Å². The van der Waals surface area contributed by atoms with Crippen LogP contribution in [-0.2, 0) is 6.18 Å². The lowest BCUT2D eigenvalue weighted by Crippen LogP contribution is -2.50. The second kappa shape index (κ2) is 7.61. The van der Waals surface area contributed by atoms with Crippen LogP contribution in [0.4, 0.5) is 18.9 Å². The van der Waals surface area contributed by atoms with Crippen molar-refractivity contribution in [2.24, 2.45) is 0 Å². The first-order chi connectivity index (χ1) is 13.9. The highest BCUT2D eigenvalue weighted by Gasteiger charge is 2.34. The van der Waals surface area contributed by atoms with Crippen LogP contribution in [0.5, 0.6) is 0 Å². The Hall–Kier alpha value is -2.70. The number of aromatic amines is 1. The van der Waals surface area contributed by atoms with Gasteiger partial charge in [-0.2, -0.15) is 18.4 Å². The third-order valence-electron chi connectivity index (χ3n) is 5.22. The molecule has 5 nitrogen and oxygen atoms in total. The summed E-state index contributed by atoms with van der Waals surface area (Å²) in [7, 11) is 1.98. The molecular formula is C20H18F3N5S. The van der Waals surface area contributed by atoms with Gasteiger partial charge in [-0.15, -0.1) is 0 Å². The Bertz CT molecular complexity index is 1050. The second-order valence-electron chi connectivity index (χ2n) is 7.05. The van der Waals surface area contributed by atoms with Crippen molar-refractivity contribution >= 4 is 28.7 Å². The normalized spacial score (nSPS) is 19.0. The molecule has 150 valence electrons. The van der Waals surface area contributed by atoms with Crippen LogP contribution in [0.15, 0.2) is 47.6 Å². The van der Waals surface area contributed by atoms with E-state index in [0.717, 1.165) is 46.6 Å². The lowest BCUT2D eigenvalue weighted by Gasteiger charge is -2.42. The number of rotatable bonds is 5. The first-order valence-corrected chi connectivity index (χ1v) is 9.87. The molecule has 0 bridgehead atoms. The van der Waals surface area contributed by atoms with Crippen LogP contribution < -0.4 is 9.62 Å². The predicted octanol–water partition coefficient (Wildman–Crippen LogP) is 4.72. The van der Waals surface area contributed by atoms with Gasteiger partial charge in [0.1, 0.15) is 11.7 Å². The van der Waals surface area contributed by atoms with Gasteiger partial charge in [-0.3, -0.25) is 4.72 Å². The molecule has 0 unspecified atom stereocenters. The fourth-order valence-corrected chi connectivity index (χ4v) is 4.27. The Morgan fingerprint density at radius 3 is 2.62 bits per heavy atom. The molecule has 0 amide bonds. The minimum atomic E-state index is -4.32. The molecule has 0 aliphatic heterocycles. The van der Waals surface area contributed by atoms with Gasteiger partial charge in [0, 0.05) is 41.8 Å². The fourth-order valence-electron chi connectivity index (χ4n) is 3.50. The van der Waals surface area contributed by atoms with Crippen molar-refractivity contribution in [2.45, 2.75) is 36.0 Å². The van der Waals surface area contributed by atoms with Crippen molar-refractivity contribution in [3.63, 3.8) is 0 Å². The summed E-state index contributed by atoms with van der Waals surface area (Å²) >= 11 is 1.34. The smallest absolute Gasteiger partial charge is 0.370 e. The first kappa shape index (κ1) is 19.6. The summed E-state index contributed by atoms with van der Waals surface area (Å²) in [6.45, 7) is 0. The van der Waals surface area contributed by atoms with E-state index in [1.165, 1.54) is 24.1 Å². The maximum atomic E-state index is 12.6. The third kappa shape index (κ3) is 3.91. The molecule has 0 radical (unpaired) electrons. The first-order valence-electron chi connectivity index (χ1n) is 9.05. The summed E-state index contributed by atoms with van der Waals surface area (Å²) in [4.78, 5) is 10.2. The number of alkyl halides is 3. The summed E-state index contributed by atoms with van der Waals surface area (Å²) in [6.07, 6.45) is 0.830. The molecule has 4 rings (SSSR count). The zero-order valence-electron chi connectivity index (χ0n) is 15.5. The van der Waals surface area contributed by atoms with Crippen molar-refractivity contribution in [2.75, 3.05) is 11.9 Å². The van der Waals surface area contributed by atoms with Crippen molar-refractivity contribution < 1.29 is 13.2 Å². The fraction of sp³-hybridized carbons (Fsp3) is 0.300. The van der Waals surface area contributed by atoms with E-state index >= 15 is 0 Å². The highest BCUT2D eigenvalue weighted by Crippen LogP contribution is 2.36. The Labute approximate surface area is 170 Å². The zero-order chi connectivity index (χ0) is 20.6. The second-order valence-corrected chi connectivity index (χ2v) is 7.96. The lowest BCUT2D eigenvalue weighted by atomic mass is 9.86. The molecule has 1 aromatic carbocycles. The Kier molecular flexibility index (Phi) is 5.15. The molecule has 2 N–H and O–H groups in total. The molecule has 3 aromatic rings. The number of nitrogens with one attached hydrogen (secondary N) is 2. The standard InChI is InChI=1S/C20H18F3N5S/c1-28(18-12(10-24)11-26-19-17(18)6-7-25-19)15-8-14(9-15)27-29-16-4-2-13(3-5-16)20(21,22)23/h2-7,11,14-15,27H,8-9H2,1H3,(H,25,26). The number of anilines is 1. The number of fused-ring (bicyclic) bond motifs is 1. The molecular weight excluding hydrogens is 399 g/mol. The molecule has 9 heteroatoms. The van der Waals surface area contributed by atoms with Gasteiger partial charge < -0.3 is 9.88 Å². The maximum absolute atomic E-state index is 12.6. The molecule has 0 atom stereocenters. The molecule has 2 aromatic heterocycles. The van der Waals surface area contributed by atoms with E-state index in [4.69, 9.17) is 0 Å². The van der Waals surface area contributed by atoms with Crippen LogP contribution in [0.3, 0.4) is 0 Å². The van der Waals surface area contributed by atoms with E-state index in [2.05, 4.69) is 25.7 Å². The van der Waals surface area contributed by atoms with Gasteiger partial charge in [0.2, 0.25) is 0 Å². The number of nitrogens with zero attached hydrogens (tertiary/aromatic N) is 3. The highest BCUT2D eigenvalue weighted by atomic mass is 32.2. The highest BCUT2D eigenvalue weighted by molar-refractivity contribution is 7.97. The van der Waals surface area contributed by atoms with Gasteiger partial charge in [0.15, 0.2) is 0 Å². The van der Waals surface area contributed by atoms with Gasteiger partial charge in [0.05, 0.1) is 16.8 Å². The minimum absolute atomic E-state index is 0.254. The number of benzene rings is 1. The van der Waals surface area contributed by atoms with Gasteiger partial charge in [-0.25, -0.2) is 4.98 Å². The molecule has 0 saturated heterocycles. The van der Waals surface area contributed by atoms with E-state index in [1.807, 2.05) is 19.3 Å². The zero-order valence-corrected chi connectivity index (χ0v) is 16.3. The van der Waals surface area contributed by atoms with Gasteiger partial charge in [-0.05, 0) is 55.1 Å². The monoisotopic (exact) mass is 417 g/mol. The molecule has 1 fully saturated rings. The quantitative estimate of drug-likeness (QED) is 0.588. The summed E-state index contributed by atoms with van der Waals surface area (Å²) in [5, 5.41) is 10.4. The minimum Gasteiger partial charge on any atom is -0.370 e. The predicted molar refractivity (Wildman–Crippen MR) is 106 cm³/mol.